The van der Waals surface area contributed by atoms with E-state index in [0.717, 1.165) is 5.56 Å². The average Bonchev–Trinajstić information content (AvgIpc) is 3.00. The quantitative estimate of drug-likeness (QED) is 0.324. The third-order valence-electron chi connectivity index (χ3n) is 7.37. The van der Waals surface area contributed by atoms with Crippen LogP contribution in [-0.2, 0) is 27.8 Å². The maximum absolute atomic E-state index is 13.5. The maximum Gasteiger partial charge on any atom is 0.335 e. The lowest BCUT2D eigenvalue weighted by atomic mass is 10.0. The molecular weight excluding hydrogens is 558 g/mol. The smallest absolute Gasteiger partial charge is 0.335 e. The van der Waals surface area contributed by atoms with Gasteiger partial charge in [-0.3, -0.25) is 14.4 Å². The van der Waals surface area contributed by atoms with Gasteiger partial charge in [-0.25, -0.2) is 13.2 Å². The van der Waals surface area contributed by atoms with Crippen LogP contribution in [0.25, 0.3) is 0 Å². The standard InChI is InChI=1S/C31H37N3O7S/c1-21-17-34(22(2)20-35)30(36)16-25-15-26(32-42(39,40)27-7-5-4-6-8-27)13-14-28(25)41-29(21)19-33(3)18-23-9-11-24(12-10-23)31(37)38/h4-15,21-22,29,32,35H,16-20H2,1-3H3,(H,37,38)/t21-,22+,29+/m0/s1. The Hall–Kier alpha value is -3.93. The van der Waals surface area contributed by atoms with Crippen molar-refractivity contribution in [3.8, 4) is 5.75 Å². The van der Waals surface area contributed by atoms with E-state index >= 15 is 0 Å². The number of ether oxygens (including phenoxy) is 1. The monoisotopic (exact) mass is 595 g/mol. The first kappa shape index (κ1) is 31.0. The molecule has 0 saturated heterocycles. The Labute approximate surface area is 246 Å². The van der Waals surface area contributed by atoms with Crippen LogP contribution in [0.1, 0.15) is 35.3 Å². The summed E-state index contributed by atoms with van der Waals surface area (Å²) in [6.07, 6.45) is -0.371. The molecule has 0 aliphatic carbocycles. The van der Waals surface area contributed by atoms with E-state index in [1.54, 1.807) is 72.5 Å². The van der Waals surface area contributed by atoms with Crippen LogP contribution in [0.15, 0.2) is 77.7 Å². The minimum atomic E-state index is -3.84. The molecule has 3 N–H and O–H groups in total. The Kier molecular flexibility index (Phi) is 9.87. The molecule has 11 heteroatoms. The van der Waals surface area contributed by atoms with Gasteiger partial charge in [-0.05, 0) is 62.0 Å². The van der Waals surface area contributed by atoms with Crippen molar-refractivity contribution in [2.24, 2.45) is 5.92 Å². The van der Waals surface area contributed by atoms with Crippen LogP contribution in [0, 0.1) is 5.92 Å². The van der Waals surface area contributed by atoms with Gasteiger partial charge in [0.2, 0.25) is 5.91 Å². The van der Waals surface area contributed by atoms with Crippen LogP contribution in [0.2, 0.25) is 0 Å². The predicted octanol–water partition coefficient (Wildman–Crippen LogP) is 3.47. The molecule has 0 unspecified atom stereocenters. The summed E-state index contributed by atoms with van der Waals surface area (Å²) < 4.78 is 35.0. The topological polar surface area (TPSA) is 136 Å². The van der Waals surface area contributed by atoms with Crippen LogP contribution < -0.4 is 9.46 Å². The van der Waals surface area contributed by atoms with Crippen molar-refractivity contribution >= 4 is 27.6 Å². The van der Waals surface area contributed by atoms with Gasteiger partial charge in [0.15, 0.2) is 0 Å². The van der Waals surface area contributed by atoms with Crippen molar-refractivity contribution in [2.75, 3.05) is 31.5 Å². The molecule has 0 fully saturated rings. The second-order valence-corrected chi connectivity index (χ2v) is 12.5. The molecule has 224 valence electrons. The molecule has 1 amide bonds. The van der Waals surface area contributed by atoms with Crippen LogP contribution in [0.5, 0.6) is 5.75 Å². The number of amides is 1. The van der Waals surface area contributed by atoms with Gasteiger partial charge < -0.3 is 19.8 Å². The Morgan fingerprint density at radius 3 is 2.45 bits per heavy atom. The number of hydrogen-bond donors (Lipinski definition) is 3. The van der Waals surface area contributed by atoms with E-state index < -0.39 is 22.0 Å². The number of carboxylic acids is 1. The van der Waals surface area contributed by atoms with Gasteiger partial charge in [-0.2, -0.15) is 0 Å². The third-order valence-corrected chi connectivity index (χ3v) is 8.76. The van der Waals surface area contributed by atoms with Crippen molar-refractivity contribution in [1.82, 2.24) is 9.80 Å². The number of carbonyl (C=O) groups excluding carboxylic acids is 1. The van der Waals surface area contributed by atoms with Crippen LogP contribution in [0.3, 0.4) is 0 Å². The number of rotatable bonds is 10. The van der Waals surface area contributed by atoms with Gasteiger partial charge in [0.1, 0.15) is 11.9 Å². The highest BCUT2D eigenvalue weighted by Gasteiger charge is 2.31. The van der Waals surface area contributed by atoms with Gasteiger partial charge in [0.25, 0.3) is 10.0 Å². The molecule has 0 bridgehead atoms. The second kappa shape index (κ2) is 13.4. The fourth-order valence-electron chi connectivity index (χ4n) is 4.96. The number of sulfonamides is 1. The van der Waals surface area contributed by atoms with Gasteiger partial charge in [-0.1, -0.05) is 37.3 Å². The molecule has 0 radical (unpaired) electrons. The average molecular weight is 596 g/mol. The van der Waals surface area contributed by atoms with E-state index in [1.807, 2.05) is 14.0 Å². The van der Waals surface area contributed by atoms with Gasteiger partial charge >= 0.3 is 5.97 Å². The summed E-state index contributed by atoms with van der Waals surface area (Å²) in [4.78, 5) is 28.5. The van der Waals surface area contributed by atoms with Crippen molar-refractivity contribution in [3.05, 3.63) is 89.5 Å². The molecule has 1 aliphatic heterocycles. The summed E-state index contributed by atoms with van der Waals surface area (Å²) in [6, 6.07) is 19.3. The number of nitrogens with one attached hydrogen (secondary N) is 1. The zero-order chi connectivity index (χ0) is 30.4. The number of carboxylic acid groups (broad SMARTS) is 1. The molecule has 0 spiro atoms. The maximum atomic E-state index is 13.5. The number of aliphatic hydroxyl groups is 1. The largest absolute Gasteiger partial charge is 0.488 e. The Morgan fingerprint density at radius 1 is 1.12 bits per heavy atom. The van der Waals surface area contributed by atoms with Crippen LogP contribution in [0.4, 0.5) is 5.69 Å². The van der Waals surface area contributed by atoms with Crippen molar-refractivity contribution in [1.29, 1.82) is 0 Å². The molecule has 1 aliphatic rings. The number of benzene rings is 3. The summed E-state index contributed by atoms with van der Waals surface area (Å²) in [5.41, 5.74) is 2.01. The highest BCUT2D eigenvalue weighted by atomic mass is 32.2. The zero-order valence-corrected chi connectivity index (χ0v) is 24.8. The summed E-state index contributed by atoms with van der Waals surface area (Å²) in [7, 11) is -1.90. The molecule has 1 heterocycles. The highest BCUT2D eigenvalue weighted by Crippen LogP contribution is 2.30. The molecule has 10 nitrogen and oxygen atoms in total. The summed E-state index contributed by atoms with van der Waals surface area (Å²) in [6.45, 7) is 5.01. The van der Waals surface area contributed by atoms with Crippen LogP contribution in [-0.4, -0.2) is 79.2 Å². The predicted molar refractivity (Wildman–Crippen MR) is 159 cm³/mol. The molecule has 3 aromatic carbocycles. The molecule has 3 aromatic rings. The normalized spacial score (nSPS) is 18.3. The minimum Gasteiger partial charge on any atom is -0.488 e. The lowest BCUT2D eigenvalue weighted by Crippen LogP contribution is -2.47. The molecule has 4 rings (SSSR count). The van der Waals surface area contributed by atoms with Gasteiger partial charge in [0.05, 0.1) is 29.5 Å². The Bertz CT molecular complexity index is 1500. The number of fused-ring (bicyclic) bond motifs is 1. The zero-order valence-electron chi connectivity index (χ0n) is 23.9. The van der Waals surface area contributed by atoms with E-state index in [9.17, 15) is 28.2 Å². The van der Waals surface area contributed by atoms with Gasteiger partial charge in [0, 0.05) is 36.8 Å². The number of carbonyl (C=O) groups is 2. The number of hydrogen-bond acceptors (Lipinski definition) is 7. The number of aromatic carboxylic acids is 1. The first-order valence-electron chi connectivity index (χ1n) is 13.8. The lowest BCUT2D eigenvalue weighted by molar-refractivity contribution is -0.134. The van der Waals surface area contributed by atoms with Crippen molar-refractivity contribution < 1.29 is 33.0 Å². The summed E-state index contributed by atoms with van der Waals surface area (Å²) in [5, 5.41) is 19.1. The lowest BCUT2D eigenvalue weighted by Gasteiger charge is -2.34. The fraction of sp³-hybridized carbons (Fsp3) is 0.355. The molecule has 0 aromatic heterocycles. The molecular formula is C31H37N3O7S. The SMILES string of the molecule is C[C@H](CO)N1C[C@H](C)[C@@H](CN(C)Cc2ccc(C(=O)O)cc2)Oc2ccc(NS(=O)(=O)c3ccccc3)cc2CC1=O. The van der Waals surface area contributed by atoms with E-state index in [0.29, 0.717) is 36.6 Å². The first-order chi connectivity index (χ1) is 20.0. The molecule has 0 saturated carbocycles. The van der Waals surface area contributed by atoms with Crippen molar-refractivity contribution in [2.45, 2.75) is 43.9 Å². The second-order valence-electron chi connectivity index (χ2n) is 10.8. The van der Waals surface area contributed by atoms with E-state index in [-0.39, 0.29) is 41.4 Å². The number of nitrogens with zero attached hydrogens (tertiary/aromatic N) is 2. The van der Waals surface area contributed by atoms with E-state index in [1.165, 1.54) is 12.1 Å². The number of aliphatic hydroxyl groups excluding tert-OH is 1. The van der Waals surface area contributed by atoms with E-state index in [4.69, 9.17) is 4.74 Å². The van der Waals surface area contributed by atoms with Crippen molar-refractivity contribution in [3.63, 3.8) is 0 Å². The van der Waals surface area contributed by atoms with Gasteiger partial charge in [-0.15, -0.1) is 0 Å². The molecule has 3 atom stereocenters. The summed E-state index contributed by atoms with van der Waals surface area (Å²) >= 11 is 0. The highest BCUT2D eigenvalue weighted by molar-refractivity contribution is 7.92. The fourth-order valence-corrected chi connectivity index (χ4v) is 6.03. The molecule has 42 heavy (non-hydrogen) atoms. The Morgan fingerprint density at radius 2 is 1.81 bits per heavy atom. The minimum absolute atomic E-state index is 0.0220. The summed E-state index contributed by atoms with van der Waals surface area (Å²) in [5.74, 6) is -0.792. The number of likely N-dealkylation sites (N-methyl/N-ethyl adjacent to an activating group) is 1. The first-order valence-corrected chi connectivity index (χ1v) is 15.2. The van der Waals surface area contributed by atoms with E-state index in [2.05, 4.69) is 9.62 Å². The van der Waals surface area contributed by atoms with Crippen LogP contribution >= 0.6 is 0 Å². The Balaban J connectivity index is 1.60. The third kappa shape index (κ3) is 7.67. The number of anilines is 1.